The molecule has 0 bridgehead atoms. The molecule has 0 radical (unpaired) electrons. The molecule has 0 aliphatic carbocycles. The van der Waals surface area contributed by atoms with Crippen LogP contribution in [-0.4, -0.2) is 19.9 Å². The lowest BCUT2D eigenvalue weighted by Crippen LogP contribution is -2.08. The van der Waals surface area contributed by atoms with Crippen LogP contribution < -0.4 is 5.56 Å². The second kappa shape index (κ2) is 4.67. The van der Waals surface area contributed by atoms with Crippen molar-refractivity contribution >= 4 is 22.7 Å². The highest BCUT2D eigenvalue weighted by Crippen LogP contribution is 2.24. The monoisotopic (exact) mass is 290 g/mol. The van der Waals surface area contributed by atoms with Gasteiger partial charge in [-0.2, -0.15) is 0 Å². The summed E-state index contributed by atoms with van der Waals surface area (Å²) in [6.45, 7) is 3.88. The molecular weight excluding hydrogens is 280 g/mol. The second-order valence-corrected chi connectivity index (χ2v) is 6.14. The van der Waals surface area contributed by atoms with Gasteiger partial charge in [0.1, 0.15) is 10.7 Å². The van der Waals surface area contributed by atoms with Gasteiger partial charge < -0.3 is 4.98 Å². The van der Waals surface area contributed by atoms with Gasteiger partial charge in [0.2, 0.25) is 0 Å². The van der Waals surface area contributed by atoms with Crippen LogP contribution in [0.1, 0.15) is 10.6 Å². The molecule has 0 fully saturated rings. The Balaban J connectivity index is 2.13. The molecule has 3 rings (SSSR count). The minimum atomic E-state index is -0.194. The third kappa shape index (κ3) is 2.47. The highest BCUT2D eigenvalue weighted by Gasteiger charge is 2.11. The number of rotatable bonds is 2. The van der Waals surface area contributed by atoms with Crippen molar-refractivity contribution in [3.05, 3.63) is 38.6 Å². The minimum absolute atomic E-state index is 0.194. The Hall–Kier alpha value is -1.86. The summed E-state index contributed by atoms with van der Waals surface area (Å²) in [5.41, 5.74) is 1.31. The lowest BCUT2D eigenvalue weighted by Gasteiger charge is -1.99. The number of nitrogens with one attached hydrogen (secondary N) is 1. The van der Waals surface area contributed by atoms with Gasteiger partial charge in [0.15, 0.2) is 10.8 Å². The Morgan fingerprint density at radius 1 is 1.21 bits per heavy atom. The van der Waals surface area contributed by atoms with E-state index in [2.05, 4.69) is 19.9 Å². The van der Waals surface area contributed by atoms with Crippen LogP contribution in [0.15, 0.2) is 22.4 Å². The van der Waals surface area contributed by atoms with Gasteiger partial charge in [-0.1, -0.05) is 0 Å². The van der Waals surface area contributed by atoms with E-state index >= 15 is 0 Å². The molecule has 0 aliphatic rings. The molecule has 19 heavy (non-hydrogen) atoms. The predicted octanol–water partition coefficient (Wildman–Crippen LogP) is 2.63. The zero-order valence-electron chi connectivity index (χ0n) is 10.3. The van der Waals surface area contributed by atoms with Crippen molar-refractivity contribution < 1.29 is 0 Å². The van der Waals surface area contributed by atoms with Crippen molar-refractivity contribution in [2.45, 2.75) is 13.8 Å². The molecule has 3 aromatic heterocycles. The van der Waals surface area contributed by atoms with E-state index in [0.717, 1.165) is 15.6 Å². The molecule has 96 valence electrons. The Labute approximate surface area is 117 Å². The summed E-state index contributed by atoms with van der Waals surface area (Å²) in [5.74, 6) is 0.494. The van der Waals surface area contributed by atoms with E-state index in [4.69, 9.17) is 0 Å². The average Bonchev–Trinajstić information content (AvgIpc) is 2.97. The molecule has 0 spiro atoms. The van der Waals surface area contributed by atoms with Gasteiger partial charge in [-0.15, -0.1) is 22.7 Å². The van der Waals surface area contributed by atoms with Gasteiger partial charge >= 0.3 is 0 Å². The number of thiazole rings is 2. The molecular formula is C12H10N4OS2. The third-order valence-corrected chi connectivity index (χ3v) is 4.31. The smallest absolute Gasteiger partial charge is 0.251 e. The molecule has 0 amide bonds. The standard InChI is InChI=1S/C12H10N4OS2/c1-6-5-18-12(14-6)10-15-8(3-9(17)16-10)11-13-4-7(2)19-11/h3-5H,1-2H3,(H,15,16,17). The Morgan fingerprint density at radius 3 is 2.68 bits per heavy atom. The Bertz CT molecular complexity index is 725. The summed E-state index contributed by atoms with van der Waals surface area (Å²) >= 11 is 2.97. The van der Waals surface area contributed by atoms with Crippen LogP contribution in [0.2, 0.25) is 0 Å². The van der Waals surface area contributed by atoms with Gasteiger partial charge in [-0.25, -0.2) is 15.0 Å². The van der Waals surface area contributed by atoms with E-state index in [9.17, 15) is 4.79 Å². The number of hydrogen-bond acceptors (Lipinski definition) is 6. The fourth-order valence-corrected chi connectivity index (χ4v) is 3.07. The fourth-order valence-electron chi connectivity index (χ4n) is 1.60. The highest BCUT2D eigenvalue weighted by molar-refractivity contribution is 7.15. The number of H-pyrrole nitrogens is 1. The number of nitrogens with zero attached hydrogens (tertiary/aromatic N) is 3. The molecule has 0 unspecified atom stereocenters. The van der Waals surface area contributed by atoms with Crippen LogP contribution in [0.5, 0.6) is 0 Å². The maximum absolute atomic E-state index is 11.7. The molecule has 1 N–H and O–H groups in total. The summed E-state index contributed by atoms with van der Waals surface area (Å²) in [5, 5.41) is 3.39. The fraction of sp³-hybridized carbons (Fsp3) is 0.167. The highest BCUT2D eigenvalue weighted by atomic mass is 32.1. The van der Waals surface area contributed by atoms with Crippen LogP contribution in [-0.2, 0) is 0 Å². The normalized spacial score (nSPS) is 10.8. The topological polar surface area (TPSA) is 71.5 Å². The van der Waals surface area contributed by atoms with E-state index in [-0.39, 0.29) is 5.56 Å². The first-order valence-electron chi connectivity index (χ1n) is 5.58. The van der Waals surface area contributed by atoms with E-state index in [1.807, 2.05) is 19.2 Å². The van der Waals surface area contributed by atoms with Crippen LogP contribution in [0, 0.1) is 13.8 Å². The molecule has 3 aromatic rings. The molecule has 7 heteroatoms. The molecule has 0 aliphatic heterocycles. The van der Waals surface area contributed by atoms with Gasteiger partial charge in [0, 0.05) is 28.2 Å². The maximum Gasteiger partial charge on any atom is 0.251 e. The van der Waals surface area contributed by atoms with Crippen LogP contribution >= 0.6 is 22.7 Å². The predicted molar refractivity (Wildman–Crippen MR) is 76.5 cm³/mol. The average molecular weight is 290 g/mol. The molecule has 0 aromatic carbocycles. The quantitative estimate of drug-likeness (QED) is 0.787. The summed E-state index contributed by atoms with van der Waals surface area (Å²) < 4.78 is 0. The Kier molecular flexibility index (Phi) is 3.00. The van der Waals surface area contributed by atoms with Crippen LogP contribution in [0.4, 0.5) is 0 Å². The van der Waals surface area contributed by atoms with E-state index < -0.39 is 0 Å². The van der Waals surface area contributed by atoms with Gasteiger partial charge in [0.05, 0.1) is 0 Å². The summed E-state index contributed by atoms with van der Waals surface area (Å²) in [6, 6.07) is 1.46. The van der Waals surface area contributed by atoms with E-state index in [1.54, 1.807) is 6.20 Å². The minimum Gasteiger partial charge on any atom is -0.304 e. The molecule has 3 heterocycles. The lowest BCUT2D eigenvalue weighted by atomic mass is 10.4. The van der Waals surface area contributed by atoms with Gasteiger partial charge in [-0.05, 0) is 13.8 Å². The van der Waals surface area contributed by atoms with E-state index in [1.165, 1.54) is 28.7 Å². The lowest BCUT2D eigenvalue weighted by molar-refractivity contribution is 1.11. The molecule has 5 nitrogen and oxygen atoms in total. The molecule has 0 saturated carbocycles. The molecule has 0 atom stereocenters. The SMILES string of the molecule is Cc1csc(-c2nc(-c3ncc(C)s3)cc(=O)[nH]2)n1. The number of aromatic nitrogens is 4. The van der Waals surface area contributed by atoms with Crippen LogP contribution in [0.25, 0.3) is 21.5 Å². The van der Waals surface area contributed by atoms with Crippen molar-refractivity contribution in [3.8, 4) is 21.5 Å². The summed E-state index contributed by atoms with van der Waals surface area (Å²) in [6.07, 6.45) is 1.77. The van der Waals surface area contributed by atoms with Crippen LogP contribution in [0.3, 0.4) is 0 Å². The maximum atomic E-state index is 11.7. The van der Waals surface area contributed by atoms with Gasteiger partial charge in [-0.3, -0.25) is 4.79 Å². The zero-order chi connectivity index (χ0) is 13.4. The number of aryl methyl sites for hydroxylation is 2. The molecule has 0 saturated heterocycles. The van der Waals surface area contributed by atoms with Crippen molar-refractivity contribution in [1.82, 2.24) is 19.9 Å². The number of aromatic amines is 1. The van der Waals surface area contributed by atoms with Gasteiger partial charge in [0.25, 0.3) is 5.56 Å². The van der Waals surface area contributed by atoms with Crippen molar-refractivity contribution in [2.24, 2.45) is 0 Å². The zero-order valence-corrected chi connectivity index (χ0v) is 11.9. The largest absolute Gasteiger partial charge is 0.304 e. The van der Waals surface area contributed by atoms with E-state index in [0.29, 0.717) is 16.5 Å². The third-order valence-electron chi connectivity index (χ3n) is 2.40. The van der Waals surface area contributed by atoms with Crippen molar-refractivity contribution in [3.63, 3.8) is 0 Å². The first kappa shape index (κ1) is 12.2. The first-order chi connectivity index (χ1) is 9.11. The van der Waals surface area contributed by atoms with Crippen molar-refractivity contribution in [2.75, 3.05) is 0 Å². The second-order valence-electron chi connectivity index (χ2n) is 4.05. The Morgan fingerprint density at radius 2 is 2.05 bits per heavy atom. The number of hydrogen-bond donors (Lipinski definition) is 1. The first-order valence-corrected chi connectivity index (χ1v) is 7.28. The van der Waals surface area contributed by atoms with Crippen molar-refractivity contribution in [1.29, 1.82) is 0 Å². The summed E-state index contributed by atoms with van der Waals surface area (Å²) in [7, 11) is 0. The summed E-state index contributed by atoms with van der Waals surface area (Å²) in [4.78, 5) is 28.6.